The second-order valence-corrected chi connectivity index (χ2v) is 10.4. The van der Waals surface area contributed by atoms with E-state index in [1.54, 1.807) is 0 Å². The number of aromatic nitrogens is 1. The van der Waals surface area contributed by atoms with Crippen LogP contribution in [0.4, 0.5) is 0 Å². The van der Waals surface area contributed by atoms with Gasteiger partial charge in [0.15, 0.2) is 0 Å². The monoisotopic (exact) mass is 523 g/mol. The highest BCUT2D eigenvalue weighted by Crippen LogP contribution is 2.47. The summed E-state index contributed by atoms with van der Waals surface area (Å²) >= 11 is 0. The SMILES string of the molecule is c1ccc(-c2ccc(Oc3c4ccccc4c(-c4cc5ccccc5c5ccccc45)c4cnccc34)cc2)cc1. The summed E-state index contributed by atoms with van der Waals surface area (Å²) in [6, 6.07) is 49.0. The van der Waals surface area contributed by atoms with Crippen molar-refractivity contribution in [2.45, 2.75) is 0 Å². The molecule has 0 amide bonds. The lowest BCUT2D eigenvalue weighted by molar-refractivity contribution is 0.494. The van der Waals surface area contributed by atoms with Crippen molar-refractivity contribution in [2.75, 3.05) is 0 Å². The summed E-state index contributed by atoms with van der Waals surface area (Å²) in [7, 11) is 0. The maximum atomic E-state index is 6.72. The molecule has 8 aromatic rings. The Kier molecular flexibility index (Phi) is 5.49. The number of benzene rings is 7. The molecule has 2 heteroatoms. The third kappa shape index (κ3) is 3.92. The maximum Gasteiger partial charge on any atom is 0.143 e. The molecule has 0 aliphatic heterocycles. The predicted octanol–water partition coefficient (Wildman–Crippen LogP) is 10.8. The van der Waals surface area contributed by atoms with E-state index >= 15 is 0 Å². The Morgan fingerprint density at radius 3 is 1.85 bits per heavy atom. The third-order valence-corrected chi connectivity index (χ3v) is 7.99. The zero-order valence-corrected chi connectivity index (χ0v) is 22.3. The average molecular weight is 524 g/mol. The van der Waals surface area contributed by atoms with Crippen LogP contribution < -0.4 is 4.74 Å². The van der Waals surface area contributed by atoms with Crippen molar-refractivity contribution in [2.24, 2.45) is 0 Å². The van der Waals surface area contributed by atoms with Gasteiger partial charge in [-0.25, -0.2) is 0 Å². The summed E-state index contributed by atoms with van der Waals surface area (Å²) < 4.78 is 6.72. The van der Waals surface area contributed by atoms with Crippen LogP contribution >= 0.6 is 0 Å². The highest BCUT2D eigenvalue weighted by atomic mass is 16.5. The van der Waals surface area contributed by atoms with E-state index in [4.69, 9.17) is 4.74 Å². The summed E-state index contributed by atoms with van der Waals surface area (Å²) in [5.41, 5.74) is 4.73. The zero-order valence-electron chi connectivity index (χ0n) is 22.3. The van der Waals surface area contributed by atoms with Gasteiger partial charge in [0.2, 0.25) is 0 Å². The van der Waals surface area contributed by atoms with Crippen molar-refractivity contribution in [3.8, 4) is 33.8 Å². The molecule has 1 heterocycles. The highest BCUT2D eigenvalue weighted by Gasteiger charge is 2.19. The first-order chi connectivity index (χ1) is 20.3. The molecule has 0 fully saturated rings. The van der Waals surface area contributed by atoms with Crippen LogP contribution in [0.2, 0.25) is 0 Å². The van der Waals surface area contributed by atoms with Crippen LogP contribution in [-0.4, -0.2) is 4.98 Å². The number of hydrogen-bond donors (Lipinski definition) is 0. The first-order valence-corrected chi connectivity index (χ1v) is 13.9. The van der Waals surface area contributed by atoms with Gasteiger partial charge in [0.05, 0.1) is 0 Å². The first-order valence-electron chi connectivity index (χ1n) is 13.9. The van der Waals surface area contributed by atoms with Crippen LogP contribution in [0.25, 0.3) is 65.3 Å². The van der Waals surface area contributed by atoms with Gasteiger partial charge in [0.25, 0.3) is 0 Å². The number of rotatable bonds is 4. The van der Waals surface area contributed by atoms with Crippen LogP contribution in [0.1, 0.15) is 0 Å². The largest absolute Gasteiger partial charge is 0.456 e. The molecule has 0 unspecified atom stereocenters. The van der Waals surface area contributed by atoms with Crippen molar-refractivity contribution in [1.29, 1.82) is 0 Å². The lowest BCUT2D eigenvalue weighted by Gasteiger charge is -2.19. The fourth-order valence-electron chi connectivity index (χ4n) is 6.11. The zero-order chi connectivity index (χ0) is 27.2. The smallest absolute Gasteiger partial charge is 0.143 e. The molecule has 0 bridgehead atoms. The lowest BCUT2D eigenvalue weighted by Crippen LogP contribution is -1.94. The van der Waals surface area contributed by atoms with E-state index in [0.29, 0.717) is 0 Å². The van der Waals surface area contributed by atoms with Crippen LogP contribution in [0.5, 0.6) is 11.5 Å². The van der Waals surface area contributed by atoms with E-state index in [-0.39, 0.29) is 0 Å². The predicted molar refractivity (Wildman–Crippen MR) is 172 cm³/mol. The molecule has 0 aliphatic carbocycles. The normalized spacial score (nSPS) is 11.4. The molecule has 8 rings (SSSR count). The molecule has 0 atom stereocenters. The van der Waals surface area contributed by atoms with Crippen molar-refractivity contribution < 1.29 is 4.74 Å². The van der Waals surface area contributed by atoms with Gasteiger partial charge < -0.3 is 4.74 Å². The molecular formula is C39H25NO. The average Bonchev–Trinajstić information content (AvgIpc) is 3.05. The molecule has 0 saturated carbocycles. The number of hydrogen-bond acceptors (Lipinski definition) is 2. The minimum atomic E-state index is 0.803. The molecule has 0 aliphatic rings. The summed E-state index contributed by atoms with van der Waals surface area (Å²) in [5, 5.41) is 9.29. The highest BCUT2D eigenvalue weighted by molar-refractivity contribution is 6.23. The Hall–Kier alpha value is -5.47. The summed E-state index contributed by atoms with van der Waals surface area (Å²) in [6.07, 6.45) is 3.83. The Bertz CT molecular complexity index is 2160. The molecule has 2 nitrogen and oxygen atoms in total. The van der Waals surface area contributed by atoms with Crippen molar-refractivity contribution in [1.82, 2.24) is 4.98 Å². The minimum absolute atomic E-state index is 0.803. The summed E-state index contributed by atoms with van der Waals surface area (Å²) in [4.78, 5) is 4.59. The van der Waals surface area contributed by atoms with Crippen molar-refractivity contribution in [3.63, 3.8) is 0 Å². The quantitative estimate of drug-likeness (QED) is 0.169. The Morgan fingerprint density at radius 2 is 1.05 bits per heavy atom. The van der Waals surface area contributed by atoms with Gasteiger partial charge in [0, 0.05) is 28.6 Å². The fraction of sp³-hybridized carbons (Fsp3) is 0. The van der Waals surface area contributed by atoms with Gasteiger partial charge in [-0.1, -0.05) is 115 Å². The molecule has 7 aromatic carbocycles. The fourth-order valence-corrected chi connectivity index (χ4v) is 6.11. The van der Waals surface area contributed by atoms with E-state index in [1.807, 2.05) is 18.5 Å². The number of pyridine rings is 1. The molecule has 0 N–H and O–H groups in total. The van der Waals surface area contributed by atoms with Gasteiger partial charge >= 0.3 is 0 Å². The second kappa shape index (κ2) is 9.62. The van der Waals surface area contributed by atoms with Crippen LogP contribution in [0.3, 0.4) is 0 Å². The summed E-state index contributed by atoms with van der Waals surface area (Å²) in [6.45, 7) is 0. The Balaban J connectivity index is 1.37. The second-order valence-electron chi connectivity index (χ2n) is 10.4. The number of fused-ring (bicyclic) bond motifs is 5. The maximum absolute atomic E-state index is 6.72. The van der Waals surface area contributed by atoms with E-state index in [9.17, 15) is 0 Å². The molecular weight excluding hydrogens is 498 g/mol. The van der Waals surface area contributed by atoms with Gasteiger partial charge in [-0.2, -0.15) is 0 Å². The molecule has 0 saturated heterocycles. The Labute approximate surface area is 238 Å². The third-order valence-electron chi connectivity index (χ3n) is 7.99. The topological polar surface area (TPSA) is 22.1 Å². The van der Waals surface area contributed by atoms with Crippen LogP contribution in [-0.2, 0) is 0 Å². The Morgan fingerprint density at radius 1 is 0.439 bits per heavy atom. The molecule has 0 radical (unpaired) electrons. The first kappa shape index (κ1) is 23.4. The number of nitrogens with zero attached hydrogens (tertiary/aromatic N) is 1. The molecule has 1 aromatic heterocycles. The van der Waals surface area contributed by atoms with Gasteiger partial charge in [-0.15, -0.1) is 0 Å². The summed E-state index contributed by atoms with van der Waals surface area (Å²) in [5.74, 6) is 1.65. The van der Waals surface area contributed by atoms with Crippen LogP contribution in [0, 0.1) is 0 Å². The standard InChI is InChI=1S/C39H25NO/c1-2-10-26(11-3-1)27-18-20-29(21-19-27)41-39-34-17-9-8-16-33(34)38(37-25-40-23-22-35(37)39)36-24-28-12-4-5-13-30(28)31-14-6-7-15-32(31)36/h1-25H. The van der Waals surface area contributed by atoms with E-state index in [1.165, 1.54) is 38.2 Å². The van der Waals surface area contributed by atoms with Crippen molar-refractivity contribution >= 4 is 43.1 Å². The minimum Gasteiger partial charge on any atom is -0.456 e. The van der Waals surface area contributed by atoms with E-state index in [0.717, 1.165) is 38.6 Å². The molecule has 41 heavy (non-hydrogen) atoms. The molecule has 0 spiro atoms. The molecule has 192 valence electrons. The van der Waals surface area contributed by atoms with E-state index in [2.05, 4.69) is 138 Å². The van der Waals surface area contributed by atoms with E-state index < -0.39 is 0 Å². The van der Waals surface area contributed by atoms with Gasteiger partial charge in [0.1, 0.15) is 11.5 Å². The lowest BCUT2D eigenvalue weighted by atomic mass is 9.87. The van der Waals surface area contributed by atoms with Crippen molar-refractivity contribution in [3.05, 3.63) is 152 Å². The van der Waals surface area contributed by atoms with Gasteiger partial charge in [-0.05, 0) is 73.5 Å². The number of ether oxygens (including phenoxy) is 1. The van der Waals surface area contributed by atoms with Crippen LogP contribution in [0.15, 0.2) is 152 Å². The van der Waals surface area contributed by atoms with Gasteiger partial charge in [-0.3, -0.25) is 4.98 Å².